The molecule has 2 aromatic heterocycles. The highest BCUT2D eigenvalue weighted by Crippen LogP contribution is 2.24. The summed E-state index contributed by atoms with van der Waals surface area (Å²) in [7, 11) is 0. The molecule has 0 atom stereocenters. The molecule has 1 saturated carbocycles. The number of anilines is 1. The molecule has 2 heterocycles. The van der Waals surface area contributed by atoms with E-state index in [0.717, 1.165) is 18.2 Å². The first-order valence-electron chi connectivity index (χ1n) is 5.49. The average molecular weight is 234 g/mol. The molecular formula is C11H14N4S. The first-order valence-corrected chi connectivity index (χ1v) is 6.37. The molecule has 1 fully saturated rings. The van der Waals surface area contributed by atoms with Crippen LogP contribution in [0, 0.1) is 6.92 Å². The number of imidazole rings is 1. The van der Waals surface area contributed by atoms with Crippen molar-refractivity contribution >= 4 is 17.3 Å². The molecule has 0 aliphatic heterocycles. The monoisotopic (exact) mass is 234 g/mol. The van der Waals surface area contributed by atoms with Crippen LogP contribution >= 0.6 is 11.3 Å². The highest BCUT2D eigenvalue weighted by molar-refractivity contribution is 7.09. The standard InChI is InChI=1S/C11H14N4S/c1-8-5-15(6-10-4-12-7-16-10)11(13-8)14-9-2-3-9/h4-5,7,9H,2-3,6H2,1H3,(H,13,14). The van der Waals surface area contributed by atoms with Crippen LogP contribution in [0.15, 0.2) is 17.9 Å². The molecule has 1 aliphatic carbocycles. The molecule has 5 heteroatoms. The van der Waals surface area contributed by atoms with E-state index in [9.17, 15) is 0 Å². The number of hydrogen-bond acceptors (Lipinski definition) is 4. The molecule has 1 N–H and O–H groups in total. The Balaban J connectivity index is 1.81. The molecule has 0 bridgehead atoms. The summed E-state index contributed by atoms with van der Waals surface area (Å²) in [5, 5.41) is 3.45. The summed E-state index contributed by atoms with van der Waals surface area (Å²) in [6.45, 7) is 2.89. The van der Waals surface area contributed by atoms with Crippen LogP contribution in [-0.2, 0) is 6.54 Å². The number of aryl methyl sites for hydroxylation is 1. The van der Waals surface area contributed by atoms with Crippen molar-refractivity contribution in [1.29, 1.82) is 0 Å². The SMILES string of the molecule is Cc1cn(Cc2cncs2)c(NC2CC2)n1. The lowest BCUT2D eigenvalue weighted by atomic mass is 10.5. The van der Waals surface area contributed by atoms with Crippen LogP contribution in [-0.4, -0.2) is 20.6 Å². The van der Waals surface area contributed by atoms with E-state index in [0.29, 0.717) is 6.04 Å². The zero-order chi connectivity index (χ0) is 11.0. The number of rotatable bonds is 4. The number of aromatic nitrogens is 3. The van der Waals surface area contributed by atoms with E-state index < -0.39 is 0 Å². The van der Waals surface area contributed by atoms with Crippen LogP contribution in [0.2, 0.25) is 0 Å². The summed E-state index contributed by atoms with van der Waals surface area (Å²) in [6, 6.07) is 0.641. The Morgan fingerprint density at radius 2 is 2.44 bits per heavy atom. The van der Waals surface area contributed by atoms with Crippen LogP contribution in [0.4, 0.5) is 5.95 Å². The second-order valence-electron chi connectivity index (χ2n) is 4.22. The second kappa shape index (κ2) is 3.90. The number of nitrogens with zero attached hydrogens (tertiary/aromatic N) is 3. The molecule has 0 radical (unpaired) electrons. The van der Waals surface area contributed by atoms with Gasteiger partial charge < -0.3 is 9.88 Å². The Labute approximate surface area is 98.4 Å². The van der Waals surface area contributed by atoms with Gasteiger partial charge in [0.15, 0.2) is 0 Å². The number of thiazole rings is 1. The minimum Gasteiger partial charge on any atom is -0.353 e. The third kappa shape index (κ3) is 2.09. The molecule has 1 aliphatic rings. The van der Waals surface area contributed by atoms with Crippen LogP contribution in [0.1, 0.15) is 23.4 Å². The summed E-state index contributed by atoms with van der Waals surface area (Å²) in [5.41, 5.74) is 2.93. The van der Waals surface area contributed by atoms with Crippen molar-refractivity contribution in [3.05, 3.63) is 28.5 Å². The maximum atomic E-state index is 4.51. The maximum absolute atomic E-state index is 4.51. The molecule has 0 aromatic carbocycles. The fraction of sp³-hybridized carbons (Fsp3) is 0.455. The lowest BCUT2D eigenvalue weighted by Gasteiger charge is -2.07. The Kier molecular flexibility index (Phi) is 2.40. The molecule has 16 heavy (non-hydrogen) atoms. The Morgan fingerprint density at radius 3 is 3.12 bits per heavy atom. The predicted octanol–water partition coefficient (Wildman–Crippen LogP) is 2.27. The third-order valence-corrected chi connectivity index (χ3v) is 3.38. The van der Waals surface area contributed by atoms with E-state index in [4.69, 9.17) is 0 Å². The van der Waals surface area contributed by atoms with Gasteiger partial charge in [0, 0.05) is 23.3 Å². The lowest BCUT2D eigenvalue weighted by Crippen LogP contribution is -2.09. The van der Waals surface area contributed by atoms with Gasteiger partial charge in [-0.2, -0.15) is 0 Å². The van der Waals surface area contributed by atoms with Gasteiger partial charge in [-0.1, -0.05) is 0 Å². The minimum absolute atomic E-state index is 0.641. The Bertz CT molecular complexity index is 470. The van der Waals surface area contributed by atoms with Crippen molar-refractivity contribution in [3.63, 3.8) is 0 Å². The topological polar surface area (TPSA) is 42.7 Å². The van der Waals surface area contributed by atoms with Gasteiger partial charge in [-0.05, 0) is 19.8 Å². The molecule has 0 amide bonds. The zero-order valence-electron chi connectivity index (χ0n) is 9.18. The third-order valence-electron chi connectivity index (χ3n) is 2.62. The van der Waals surface area contributed by atoms with E-state index in [1.54, 1.807) is 11.3 Å². The molecule has 0 spiro atoms. The van der Waals surface area contributed by atoms with Crippen molar-refractivity contribution in [2.45, 2.75) is 32.4 Å². The average Bonchev–Trinajstić information content (AvgIpc) is 2.79. The Morgan fingerprint density at radius 1 is 1.56 bits per heavy atom. The molecule has 0 unspecified atom stereocenters. The fourth-order valence-electron chi connectivity index (χ4n) is 1.68. The summed E-state index contributed by atoms with van der Waals surface area (Å²) < 4.78 is 2.17. The van der Waals surface area contributed by atoms with Crippen LogP contribution in [0.3, 0.4) is 0 Å². The van der Waals surface area contributed by atoms with Gasteiger partial charge in [0.2, 0.25) is 5.95 Å². The highest BCUT2D eigenvalue weighted by Gasteiger charge is 2.23. The number of nitrogens with one attached hydrogen (secondary N) is 1. The van der Waals surface area contributed by atoms with E-state index in [-0.39, 0.29) is 0 Å². The van der Waals surface area contributed by atoms with Crippen molar-refractivity contribution in [3.8, 4) is 0 Å². The fourth-order valence-corrected chi connectivity index (χ4v) is 2.27. The van der Waals surface area contributed by atoms with Gasteiger partial charge in [-0.15, -0.1) is 11.3 Å². The van der Waals surface area contributed by atoms with Crippen LogP contribution in [0.25, 0.3) is 0 Å². The van der Waals surface area contributed by atoms with Crippen molar-refractivity contribution in [1.82, 2.24) is 14.5 Å². The quantitative estimate of drug-likeness (QED) is 0.882. The smallest absolute Gasteiger partial charge is 0.203 e. The van der Waals surface area contributed by atoms with Gasteiger partial charge in [0.25, 0.3) is 0 Å². The van der Waals surface area contributed by atoms with E-state index >= 15 is 0 Å². The van der Waals surface area contributed by atoms with E-state index in [1.165, 1.54) is 17.7 Å². The van der Waals surface area contributed by atoms with Crippen molar-refractivity contribution in [2.75, 3.05) is 5.32 Å². The van der Waals surface area contributed by atoms with Gasteiger partial charge in [0.05, 0.1) is 17.7 Å². The highest BCUT2D eigenvalue weighted by atomic mass is 32.1. The number of hydrogen-bond donors (Lipinski definition) is 1. The largest absolute Gasteiger partial charge is 0.353 e. The maximum Gasteiger partial charge on any atom is 0.203 e. The van der Waals surface area contributed by atoms with Crippen molar-refractivity contribution < 1.29 is 0 Å². The first kappa shape index (κ1) is 9.84. The molecular weight excluding hydrogens is 220 g/mol. The molecule has 0 saturated heterocycles. The van der Waals surface area contributed by atoms with E-state index in [1.807, 2.05) is 18.6 Å². The van der Waals surface area contributed by atoms with Gasteiger partial charge in [0.1, 0.15) is 0 Å². The predicted molar refractivity (Wildman–Crippen MR) is 64.8 cm³/mol. The van der Waals surface area contributed by atoms with Crippen LogP contribution in [0.5, 0.6) is 0 Å². The van der Waals surface area contributed by atoms with Crippen LogP contribution < -0.4 is 5.32 Å². The molecule has 4 nitrogen and oxygen atoms in total. The molecule has 84 valence electrons. The first-order chi connectivity index (χ1) is 7.81. The Hall–Kier alpha value is -1.36. The van der Waals surface area contributed by atoms with Gasteiger partial charge in [-0.3, -0.25) is 4.98 Å². The van der Waals surface area contributed by atoms with Gasteiger partial charge >= 0.3 is 0 Å². The van der Waals surface area contributed by atoms with Gasteiger partial charge in [-0.25, -0.2) is 4.98 Å². The molecule has 2 aromatic rings. The summed E-state index contributed by atoms with van der Waals surface area (Å²) in [4.78, 5) is 9.86. The normalized spacial score (nSPS) is 15.3. The van der Waals surface area contributed by atoms with E-state index in [2.05, 4.69) is 26.0 Å². The lowest BCUT2D eigenvalue weighted by molar-refractivity contribution is 0.806. The summed E-state index contributed by atoms with van der Waals surface area (Å²) in [6.07, 6.45) is 6.55. The summed E-state index contributed by atoms with van der Waals surface area (Å²) in [5.74, 6) is 0.994. The summed E-state index contributed by atoms with van der Waals surface area (Å²) >= 11 is 1.68. The zero-order valence-corrected chi connectivity index (χ0v) is 10.00. The second-order valence-corrected chi connectivity index (χ2v) is 5.19. The molecule has 3 rings (SSSR count). The minimum atomic E-state index is 0.641. The van der Waals surface area contributed by atoms with Crippen molar-refractivity contribution in [2.24, 2.45) is 0 Å².